The number of ether oxygens (including phenoxy) is 1. The van der Waals surface area contributed by atoms with Gasteiger partial charge < -0.3 is 10.1 Å². The van der Waals surface area contributed by atoms with Crippen LogP contribution in [-0.2, 0) is 24.3 Å². The smallest absolute Gasteiger partial charge is 0.307 e. The first kappa shape index (κ1) is 20.8. The lowest BCUT2D eigenvalue weighted by Crippen LogP contribution is -2.28. The molecule has 2 N–H and O–H groups in total. The summed E-state index contributed by atoms with van der Waals surface area (Å²) < 4.78 is 44.1. The van der Waals surface area contributed by atoms with Crippen molar-refractivity contribution in [2.75, 3.05) is 18.5 Å². The lowest BCUT2D eigenvalue weighted by Gasteiger charge is -2.08. The third kappa shape index (κ3) is 6.63. The van der Waals surface area contributed by atoms with E-state index >= 15 is 0 Å². The Morgan fingerprint density at radius 2 is 1.81 bits per heavy atom. The number of halogens is 2. The van der Waals surface area contributed by atoms with E-state index in [1.807, 2.05) is 0 Å². The van der Waals surface area contributed by atoms with Crippen LogP contribution in [0.2, 0.25) is 5.02 Å². The van der Waals surface area contributed by atoms with Crippen molar-refractivity contribution in [3.8, 4) is 0 Å². The molecule has 0 radical (unpaired) electrons. The van der Waals surface area contributed by atoms with Crippen LogP contribution in [0.5, 0.6) is 0 Å². The standard InChI is InChI=1S/C17H16ClFN2O5S/c18-14-10-13(6-7-15(14)19)27(24,25)20-9-8-17(23)26-11-16(22)21-12-4-2-1-3-5-12/h1-7,10,20H,8-9,11H2,(H,21,22). The molecule has 0 aliphatic heterocycles. The number of hydrogen-bond donors (Lipinski definition) is 2. The van der Waals surface area contributed by atoms with E-state index in [1.165, 1.54) is 0 Å². The third-order valence-corrected chi connectivity index (χ3v) is 4.99. The summed E-state index contributed by atoms with van der Waals surface area (Å²) in [6.45, 7) is -0.746. The molecule has 2 aromatic carbocycles. The van der Waals surface area contributed by atoms with Crippen LogP contribution in [0, 0.1) is 5.82 Å². The van der Waals surface area contributed by atoms with Crippen LogP contribution in [0.25, 0.3) is 0 Å². The fourth-order valence-corrected chi connectivity index (χ4v) is 3.25. The van der Waals surface area contributed by atoms with Gasteiger partial charge in [0, 0.05) is 12.2 Å². The molecule has 7 nitrogen and oxygen atoms in total. The molecule has 0 saturated carbocycles. The lowest BCUT2D eigenvalue weighted by molar-refractivity contribution is -0.147. The van der Waals surface area contributed by atoms with Crippen LogP contribution in [0.3, 0.4) is 0 Å². The maximum absolute atomic E-state index is 13.1. The minimum atomic E-state index is -3.96. The molecule has 0 heterocycles. The lowest BCUT2D eigenvalue weighted by atomic mass is 10.3. The SMILES string of the molecule is O=C(COC(=O)CCNS(=O)(=O)c1ccc(F)c(Cl)c1)Nc1ccccc1. The minimum absolute atomic E-state index is 0.232. The predicted octanol–water partition coefficient (Wildman–Crippen LogP) is 2.33. The highest BCUT2D eigenvalue weighted by Crippen LogP contribution is 2.19. The molecule has 10 heteroatoms. The molecule has 0 bridgehead atoms. The van der Waals surface area contributed by atoms with Crippen molar-refractivity contribution in [2.45, 2.75) is 11.3 Å². The second-order valence-corrected chi connectivity index (χ2v) is 7.47. The summed E-state index contributed by atoms with van der Waals surface area (Å²) in [7, 11) is -3.96. The van der Waals surface area contributed by atoms with Gasteiger partial charge in [0.25, 0.3) is 5.91 Å². The average Bonchev–Trinajstić information content (AvgIpc) is 2.63. The Hall–Kier alpha value is -2.49. The number of esters is 1. The third-order valence-electron chi connectivity index (χ3n) is 3.24. The second kappa shape index (κ2) is 9.45. The zero-order chi connectivity index (χ0) is 19.9. The second-order valence-electron chi connectivity index (χ2n) is 5.30. The van der Waals surface area contributed by atoms with Gasteiger partial charge in [0.1, 0.15) is 5.82 Å². The van der Waals surface area contributed by atoms with Gasteiger partial charge >= 0.3 is 5.97 Å². The fourth-order valence-electron chi connectivity index (χ4n) is 1.95. The maximum Gasteiger partial charge on any atom is 0.307 e. The molecule has 0 unspecified atom stereocenters. The van der Waals surface area contributed by atoms with Gasteiger partial charge in [-0.3, -0.25) is 9.59 Å². The predicted molar refractivity (Wildman–Crippen MR) is 97.2 cm³/mol. The Morgan fingerprint density at radius 1 is 1.11 bits per heavy atom. The van der Waals surface area contributed by atoms with Gasteiger partial charge in [-0.1, -0.05) is 29.8 Å². The molecule has 2 rings (SSSR count). The molecule has 27 heavy (non-hydrogen) atoms. The number of nitrogens with one attached hydrogen (secondary N) is 2. The Bertz CT molecular complexity index is 922. The zero-order valence-corrected chi connectivity index (χ0v) is 15.5. The number of carbonyl (C=O) groups excluding carboxylic acids is 2. The largest absolute Gasteiger partial charge is 0.456 e. The number of benzene rings is 2. The topological polar surface area (TPSA) is 102 Å². The molecule has 1 amide bonds. The van der Waals surface area contributed by atoms with E-state index in [2.05, 4.69) is 10.0 Å². The summed E-state index contributed by atoms with van der Waals surface area (Å²) in [5.41, 5.74) is 0.560. The van der Waals surface area contributed by atoms with E-state index in [1.54, 1.807) is 30.3 Å². The van der Waals surface area contributed by atoms with Crippen LogP contribution < -0.4 is 10.0 Å². The molecule has 144 valence electrons. The Morgan fingerprint density at radius 3 is 2.48 bits per heavy atom. The zero-order valence-electron chi connectivity index (χ0n) is 13.9. The van der Waals surface area contributed by atoms with E-state index in [9.17, 15) is 22.4 Å². The molecule has 0 aliphatic rings. The number of carbonyl (C=O) groups is 2. The van der Waals surface area contributed by atoms with Crippen LogP contribution >= 0.6 is 11.6 Å². The minimum Gasteiger partial charge on any atom is -0.456 e. The van der Waals surface area contributed by atoms with Gasteiger partial charge in [0.05, 0.1) is 16.3 Å². The summed E-state index contributed by atoms with van der Waals surface area (Å²) in [5, 5.41) is 2.21. The van der Waals surface area contributed by atoms with Crippen LogP contribution in [-0.4, -0.2) is 33.4 Å². The molecular weight excluding hydrogens is 399 g/mol. The van der Waals surface area contributed by atoms with Crippen molar-refractivity contribution in [3.63, 3.8) is 0 Å². The Labute approximate surface area is 160 Å². The van der Waals surface area contributed by atoms with Gasteiger partial charge in [-0.25, -0.2) is 17.5 Å². The highest BCUT2D eigenvalue weighted by molar-refractivity contribution is 7.89. The number of sulfonamides is 1. The highest BCUT2D eigenvalue weighted by atomic mass is 35.5. The number of anilines is 1. The number of para-hydroxylation sites is 1. The summed E-state index contributed by atoms with van der Waals surface area (Å²) in [6, 6.07) is 11.6. The van der Waals surface area contributed by atoms with Crippen LogP contribution in [0.4, 0.5) is 10.1 Å². The van der Waals surface area contributed by atoms with Crippen LogP contribution in [0.15, 0.2) is 53.4 Å². The van der Waals surface area contributed by atoms with Crippen molar-refractivity contribution >= 4 is 39.2 Å². The monoisotopic (exact) mass is 414 g/mol. The Kier molecular flexibility index (Phi) is 7.28. The van der Waals surface area contributed by atoms with Gasteiger partial charge in [0.2, 0.25) is 10.0 Å². The summed E-state index contributed by atoms with van der Waals surface area (Å²) in [5.74, 6) is -2.01. The fraction of sp³-hybridized carbons (Fsp3) is 0.176. The van der Waals surface area contributed by atoms with Gasteiger partial charge in [-0.15, -0.1) is 0 Å². The van der Waals surface area contributed by atoms with Crippen molar-refractivity contribution in [1.82, 2.24) is 4.72 Å². The van der Waals surface area contributed by atoms with Crippen LogP contribution in [0.1, 0.15) is 6.42 Å². The average molecular weight is 415 g/mol. The molecule has 0 saturated heterocycles. The first-order valence-electron chi connectivity index (χ1n) is 7.73. The van der Waals surface area contributed by atoms with E-state index in [0.717, 1.165) is 18.2 Å². The van der Waals surface area contributed by atoms with Gasteiger partial charge in [0.15, 0.2) is 6.61 Å². The molecular formula is C17H16ClFN2O5S. The first-order chi connectivity index (χ1) is 12.8. The number of amides is 1. The number of hydrogen-bond acceptors (Lipinski definition) is 5. The normalized spacial score (nSPS) is 11.0. The van der Waals surface area contributed by atoms with Gasteiger partial charge in [-0.05, 0) is 30.3 Å². The molecule has 2 aromatic rings. The van der Waals surface area contributed by atoms with Crippen molar-refractivity contribution < 1.29 is 27.1 Å². The Balaban J connectivity index is 1.75. The highest BCUT2D eigenvalue weighted by Gasteiger charge is 2.16. The summed E-state index contributed by atoms with van der Waals surface area (Å²) in [6.07, 6.45) is -0.285. The van der Waals surface area contributed by atoms with E-state index in [-0.39, 0.29) is 22.9 Å². The van der Waals surface area contributed by atoms with E-state index < -0.39 is 34.3 Å². The summed E-state index contributed by atoms with van der Waals surface area (Å²) >= 11 is 5.55. The van der Waals surface area contributed by atoms with E-state index in [4.69, 9.17) is 16.3 Å². The first-order valence-corrected chi connectivity index (χ1v) is 9.59. The molecule has 0 fully saturated rings. The number of rotatable bonds is 8. The quantitative estimate of drug-likeness (QED) is 0.645. The van der Waals surface area contributed by atoms with Gasteiger partial charge in [-0.2, -0.15) is 0 Å². The summed E-state index contributed by atoms with van der Waals surface area (Å²) in [4.78, 5) is 23.0. The van der Waals surface area contributed by atoms with Crippen molar-refractivity contribution in [3.05, 3.63) is 59.4 Å². The molecule has 0 atom stereocenters. The molecule has 0 aliphatic carbocycles. The molecule has 0 aromatic heterocycles. The van der Waals surface area contributed by atoms with E-state index in [0.29, 0.717) is 5.69 Å². The van der Waals surface area contributed by atoms with Crippen molar-refractivity contribution in [2.24, 2.45) is 0 Å². The molecule has 0 spiro atoms. The maximum atomic E-state index is 13.1. The van der Waals surface area contributed by atoms with Crippen molar-refractivity contribution in [1.29, 1.82) is 0 Å².